The average Bonchev–Trinajstić information content (AvgIpc) is 2.45. The molecule has 0 aliphatic rings. The Morgan fingerprint density at radius 3 is 2.75 bits per heavy atom. The zero-order chi connectivity index (χ0) is 15.0. The van der Waals surface area contributed by atoms with Crippen molar-refractivity contribution < 1.29 is 9.53 Å². The molecule has 3 N–H and O–H groups in total. The molecule has 1 rings (SSSR count). The fraction of sp³-hybridized carbons (Fsp3) is 0.562. The molecule has 0 spiro atoms. The van der Waals surface area contributed by atoms with E-state index in [9.17, 15) is 4.79 Å². The molecule has 1 aromatic carbocycles. The predicted octanol–water partition coefficient (Wildman–Crippen LogP) is 3.10. The van der Waals surface area contributed by atoms with Gasteiger partial charge in [0.05, 0.1) is 12.8 Å². The van der Waals surface area contributed by atoms with E-state index >= 15 is 0 Å². The van der Waals surface area contributed by atoms with Crippen molar-refractivity contribution >= 4 is 11.6 Å². The second kappa shape index (κ2) is 8.59. The third-order valence-electron chi connectivity index (χ3n) is 3.56. The number of hydrogen-bond donors (Lipinski definition) is 2. The Labute approximate surface area is 121 Å². The van der Waals surface area contributed by atoms with E-state index < -0.39 is 0 Å². The Kier molecular flexibility index (Phi) is 7.09. The van der Waals surface area contributed by atoms with Crippen molar-refractivity contribution in [3.05, 3.63) is 23.8 Å². The van der Waals surface area contributed by atoms with Gasteiger partial charge in [0.25, 0.3) is 0 Å². The van der Waals surface area contributed by atoms with Gasteiger partial charge in [0.2, 0.25) is 5.91 Å². The van der Waals surface area contributed by atoms with Crippen LogP contribution in [-0.4, -0.2) is 19.6 Å². The largest absolute Gasteiger partial charge is 0.495 e. The molecule has 20 heavy (non-hydrogen) atoms. The molecule has 0 aliphatic carbocycles. The number of hydrogen-bond acceptors (Lipinski definition) is 3. The number of nitrogens with one attached hydrogen (secondary N) is 1. The molecule has 1 amide bonds. The molecular weight excluding hydrogens is 252 g/mol. The van der Waals surface area contributed by atoms with Crippen molar-refractivity contribution in [2.75, 3.05) is 19.0 Å². The smallest absolute Gasteiger partial charge is 0.224 e. The van der Waals surface area contributed by atoms with Crippen molar-refractivity contribution in [1.82, 2.24) is 0 Å². The van der Waals surface area contributed by atoms with Crippen LogP contribution >= 0.6 is 0 Å². The standard InChI is InChI=1S/C16H26N2O2/c1-4-13(9-10-17)6-8-16(19)18-14-7-5-12(2)11-15(14)20-3/h5,7,11,13H,4,6,8-10,17H2,1-3H3,(H,18,19). The molecule has 1 aromatic rings. The maximum absolute atomic E-state index is 12.0. The second-order valence-electron chi connectivity index (χ2n) is 5.14. The van der Waals surface area contributed by atoms with Crippen LogP contribution in [0, 0.1) is 12.8 Å². The lowest BCUT2D eigenvalue weighted by Crippen LogP contribution is -2.15. The molecule has 4 nitrogen and oxygen atoms in total. The monoisotopic (exact) mass is 278 g/mol. The molecule has 0 aromatic heterocycles. The molecule has 0 saturated heterocycles. The molecule has 112 valence electrons. The highest BCUT2D eigenvalue weighted by Crippen LogP contribution is 2.25. The van der Waals surface area contributed by atoms with E-state index in [1.807, 2.05) is 25.1 Å². The van der Waals surface area contributed by atoms with Gasteiger partial charge in [-0.05, 0) is 49.9 Å². The number of methoxy groups -OCH3 is 1. The zero-order valence-electron chi connectivity index (χ0n) is 12.7. The second-order valence-corrected chi connectivity index (χ2v) is 5.14. The number of amides is 1. The third-order valence-corrected chi connectivity index (χ3v) is 3.56. The Hall–Kier alpha value is -1.55. The lowest BCUT2D eigenvalue weighted by Gasteiger charge is -2.14. The maximum Gasteiger partial charge on any atom is 0.224 e. The SMILES string of the molecule is CCC(CCN)CCC(=O)Nc1ccc(C)cc1OC. The Balaban J connectivity index is 2.54. The highest BCUT2D eigenvalue weighted by Gasteiger charge is 2.11. The highest BCUT2D eigenvalue weighted by atomic mass is 16.5. The minimum Gasteiger partial charge on any atom is -0.495 e. The van der Waals surface area contributed by atoms with Gasteiger partial charge in [0, 0.05) is 6.42 Å². The number of carbonyl (C=O) groups excluding carboxylic acids is 1. The summed E-state index contributed by atoms with van der Waals surface area (Å²) in [6.07, 6.45) is 3.46. The summed E-state index contributed by atoms with van der Waals surface area (Å²) in [5.74, 6) is 1.26. The van der Waals surface area contributed by atoms with E-state index in [1.165, 1.54) is 0 Å². The van der Waals surface area contributed by atoms with Gasteiger partial charge in [0.15, 0.2) is 0 Å². The summed E-state index contributed by atoms with van der Waals surface area (Å²) in [6, 6.07) is 5.75. The van der Waals surface area contributed by atoms with Gasteiger partial charge in [0.1, 0.15) is 5.75 Å². The quantitative estimate of drug-likeness (QED) is 0.768. The van der Waals surface area contributed by atoms with Gasteiger partial charge >= 0.3 is 0 Å². The van der Waals surface area contributed by atoms with E-state index in [0.717, 1.165) is 30.5 Å². The number of carbonyl (C=O) groups is 1. The number of aryl methyl sites for hydroxylation is 1. The van der Waals surface area contributed by atoms with Crippen LogP contribution in [0.25, 0.3) is 0 Å². The van der Waals surface area contributed by atoms with Crippen LogP contribution in [0.1, 0.15) is 38.2 Å². The van der Waals surface area contributed by atoms with Crippen LogP contribution in [0.4, 0.5) is 5.69 Å². The third kappa shape index (κ3) is 5.21. The molecule has 1 atom stereocenters. The number of benzene rings is 1. The minimum absolute atomic E-state index is 0.0302. The van der Waals surface area contributed by atoms with Crippen LogP contribution in [0.15, 0.2) is 18.2 Å². The van der Waals surface area contributed by atoms with Crippen LogP contribution in [-0.2, 0) is 4.79 Å². The minimum atomic E-state index is 0.0302. The topological polar surface area (TPSA) is 64.4 Å². The van der Waals surface area contributed by atoms with E-state index in [2.05, 4.69) is 12.2 Å². The Morgan fingerprint density at radius 1 is 1.40 bits per heavy atom. The van der Waals surface area contributed by atoms with Gasteiger partial charge < -0.3 is 15.8 Å². The van der Waals surface area contributed by atoms with Crippen LogP contribution in [0.2, 0.25) is 0 Å². The first-order chi connectivity index (χ1) is 9.60. The maximum atomic E-state index is 12.0. The molecule has 0 saturated carbocycles. The Bertz CT molecular complexity index is 432. The summed E-state index contributed by atoms with van der Waals surface area (Å²) in [4.78, 5) is 12.0. The number of rotatable bonds is 8. The molecule has 1 unspecified atom stereocenters. The Morgan fingerprint density at radius 2 is 2.15 bits per heavy atom. The van der Waals surface area contributed by atoms with E-state index in [4.69, 9.17) is 10.5 Å². The lowest BCUT2D eigenvalue weighted by molar-refractivity contribution is -0.116. The molecule has 4 heteroatoms. The number of ether oxygens (including phenoxy) is 1. The van der Waals surface area contributed by atoms with Crippen molar-refractivity contribution in [3.63, 3.8) is 0 Å². The van der Waals surface area contributed by atoms with E-state index in [0.29, 0.717) is 24.6 Å². The van der Waals surface area contributed by atoms with Crippen LogP contribution < -0.4 is 15.8 Å². The van der Waals surface area contributed by atoms with Crippen molar-refractivity contribution in [3.8, 4) is 5.75 Å². The van der Waals surface area contributed by atoms with Crippen LogP contribution in [0.5, 0.6) is 5.75 Å². The van der Waals surface area contributed by atoms with Gasteiger partial charge in [-0.3, -0.25) is 4.79 Å². The molecule has 0 bridgehead atoms. The van der Waals surface area contributed by atoms with Gasteiger partial charge in [-0.1, -0.05) is 19.4 Å². The molecule has 0 fully saturated rings. The summed E-state index contributed by atoms with van der Waals surface area (Å²) in [5, 5.41) is 2.92. The summed E-state index contributed by atoms with van der Waals surface area (Å²) in [5.41, 5.74) is 7.41. The number of nitrogens with two attached hydrogens (primary N) is 1. The van der Waals surface area contributed by atoms with Crippen molar-refractivity contribution in [2.45, 2.75) is 39.5 Å². The highest BCUT2D eigenvalue weighted by molar-refractivity contribution is 5.92. The fourth-order valence-electron chi connectivity index (χ4n) is 2.24. The first kappa shape index (κ1) is 16.5. The normalized spacial score (nSPS) is 12.0. The first-order valence-electron chi connectivity index (χ1n) is 7.25. The average molecular weight is 278 g/mol. The summed E-state index contributed by atoms with van der Waals surface area (Å²) in [7, 11) is 1.61. The summed E-state index contributed by atoms with van der Waals surface area (Å²) in [6.45, 7) is 4.82. The fourth-order valence-corrected chi connectivity index (χ4v) is 2.24. The summed E-state index contributed by atoms with van der Waals surface area (Å²) < 4.78 is 5.28. The molecule has 0 radical (unpaired) electrons. The molecule has 0 aliphatic heterocycles. The van der Waals surface area contributed by atoms with E-state index in [1.54, 1.807) is 7.11 Å². The first-order valence-corrected chi connectivity index (χ1v) is 7.25. The van der Waals surface area contributed by atoms with Crippen LogP contribution in [0.3, 0.4) is 0 Å². The van der Waals surface area contributed by atoms with Crippen molar-refractivity contribution in [1.29, 1.82) is 0 Å². The van der Waals surface area contributed by atoms with Gasteiger partial charge in [-0.25, -0.2) is 0 Å². The van der Waals surface area contributed by atoms with Gasteiger partial charge in [-0.15, -0.1) is 0 Å². The predicted molar refractivity (Wildman–Crippen MR) is 83.0 cm³/mol. The lowest BCUT2D eigenvalue weighted by atomic mass is 9.96. The van der Waals surface area contributed by atoms with Crippen molar-refractivity contribution in [2.24, 2.45) is 11.7 Å². The zero-order valence-corrected chi connectivity index (χ0v) is 12.7. The van der Waals surface area contributed by atoms with Gasteiger partial charge in [-0.2, -0.15) is 0 Å². The van der Waals surface area contributed by atoms with E-state index in [-0.39, 0.29) is 5.91 Å². The molecular formula is C16H26N2O2. The molecule has 0 heterocycles. The number of anilines is 1. The summed E-state index contributed by atoms with van der Waals surface area (Å²) >= 11 is 0.